The first-order valence-corrected chi connectivity index (χ1v) is 9.20. The number of amides is 1. The van der Waals surface area contributed by atoms with Gasteiger partial charge in [0.2, 0.25) is 5.88 Å². The molecular weight excluding hydrogens is 340 g/mol. The molecule has 0 spiro atoms. The first-order chi connectivity index (χ1) is 11.8. The van der Waals surface area contributed by atoms with Gasteiger partial charge in [-0.25, -0.2) is 4.79 Å². The van der Waals surface area contributed by atoms with Crippen LogP contribution >= 0.6 is 11.3 Å². The quantitative estimate of drug-likeness (QED) is 0.839. The SMILES string of the molecule is CC(C)(C)c1cc(NC(=O)COC(=O)c2cc3c(s2)CCCC3)on1. The molecule has 2 heterocycles. The van der Waals surface area contributed by atoms with Crippen LogP contribution < -0.4 is 5.32 Å². The summed E-state index contributed by atoms with van der Waals surface area (Å²) in [4.78, 5) is 25.9. The molecule has 7 heteroatoms. The van der Waals surface area contributed by atoms with Crippen LogP contribution in [0.5, 0.6) is 0 Å². The Hall–Kier alpha value is -2.15. The van der Waals surface area contributed by atoms with Gasteiger partial charge in [0.05, 0.1) is 5.69 Å². The van der Waals surface area contributed by atoms with E-state index in [4.69, 9.17) is 9.26 Å². The predicted molar refractivity (Wildman–Crippen MR) is 95.1 cm³/mol. The molecular formula is C18H22N2O4S. The highest BCUT2D eigenvalue weighted by Crippen LogP contribution is 2.30. The first-order valence-electron chi connectivity index (χ1n) is 8.38. The van der Waals surface area contributed by atoms with Gasteiger partial charge in [0.15, 0.2) is 6.61 Å². The molecule has 3 rings (SSSR count). The van der Waals surface area contributed by atoms with Crippen LogP contribution in [-0.4, -0.2) is 23.6 Å². The Morgan fingerprint density at radius 2 is 2.04 bits per heavy atom. The number of thiophene rings is 1. The number of hydrogen-bond donors (Lipinski definition) is 1. The molecule has 0 unspecified atom stereocenters. The van der Waals surface area contributed by atoms with Gasteiger partial charge in [-0.1, -0.05) is 25.9 Å². The van der Waals surface area contributed by atoms with Crippen molar-refractivity contribution in [3.8, 4) is 0 Å². The molecule has 0 radical (unpaired) electrons. The number of esters is 1. The van der Waals surface area contributed by atoms with E-state index in [1.165, 1.54) is 21.8 Å². The zero-order valence-electron chi connectivity index (χ0n) is 14.7. The van der Waals surface area contributed by atoms with Crippen molar-refractivity contribution in [3.63, 3.8) is 0 Å². The van der Waals surface area contributed by atoms with E-state index in [9.17, 15) is 9.59 Å². The van der Waals surface area contributed by atoms with Crippen LogP contribution in [0, 0.1) is 0 Å². The lowest BCUT2D eigenvalue weighted by Crippen LogP contribution is -2.20. The average molecular weight is 362 g/mol. The molecule has 0 aliphatic heterocycles. The molecule has 1 aliphatic rings. The molecule has 25 heavy (non-hydrogen) atoms. The smallest absolute Gasteiger partial charge is 0.348 e. The third-order valence-corrected chi connectivity index (χ3v) is 5.29. The van der Waals surface area contributed by atoms with Crippen molar-refractivity contribution in [1.82, 2.24) is 5.16 Å². The van der Waals surface area contributed by atoms with E-state index in [2.05, 4.69) is 10.5 Å². The van der Waals surface area contributed by atoms with Crippen molar-refractivity contribution in [2.45, 2.75) is 51.9 Å². The number of rotatable bonds is 4. The number of nitrogens with zero attached hydrogens (tertiary/aromatic N) is 1. The van der Waals surface area contributed by atoms with Crippen LogP contribution in [-0.2, 0) is 27.8 Å². The highest BCUT2D eigenvalue weighted by molar-refractivity contribution is 7.14. The summed E-state index contributed by atoms with van der Waals surface area (Å²) in [7, 11) is 0. The summed E-state index contributed by atoms with van der Waals surface area (Å²) in [5, 5.41) is 6.47. The molecule has 0 bridgehead atoms. The minimum absolute atomic E-state index is 0.169. The molecule has 134 valence electrons. The number of anilines is 1. The fourth-order valence-corrected chi connectivity index (χ4v) is 3.80. The molecule has 2 aromatic heterocycles. The second-order valence-electron chi connectivity index (χ2n) is 7.22. The number of fused-ring (bicyclic) bond motifs is 1. The normalized spacial score (nSPS) is 14.0. The minimum Gasteiger partial charge on any atom is -0.451 e. The van der Waals surface area contributed by atoms with E-state index in [0.717, 1.165) is 31.4 Å². The molecule has 0 fully saturated rings. The van der Waals surface area contributed by atoms with Crippen LogP contribution in [0.2, 0.25) is 0 Å². The van der Waals surface area contributed by atoms with Gasteiger partial charge in [0, 0.05) is 16.4 Å². The molecule has 0 saturated heterocycles. The largest absolute Gasteiger partial charge is 0.451 e. The van der Waals surface area contributed by atoms with Gasteiger partial charge in [-0.15, -0.1) is 11.3 Å². The van der Waals surface area contributed by atoms with Gasteiger partial charge in [0.25, 0.3) is 5.91 Å². The van der Waals surface area contributed by atoms with Crippen LogP contribution in [0.4, 0.5) is 5.88 Å². The topological polar surface area (TPSA) is 81.4 Å². The van der Waals surface area contributed by atoms with E-state index in [-0.39, 0.29) is 17.9 Å². The molecule has 1 N–H and O–H groups in total. The summed E-state index contributed by atoms with van der Waals surface area (Å²) in [6, 6.07) is 3.57. The standard InChI is InChI=1S/C18H22N2O4S/c1-18(2,3)14-9-16(24-20-14)19-15(21)10-23-17(22)13-8-11-6-4-5-7-12(11)25-13/h8-9H,4-7,10H2,1-3H3,(H,19,21). The Kier molecular flexibility index (Phi) is 4.94. The Balaban J connectivity index is 1.52. The first kappa shape index (κ1) is 17.7. The van der Waals surface area contributed by atoms with Crippen molar-refractivity contribution in [2.75, 3.05) is 11.9 Å². The fraction of sp³-hybridized carbons (Fsp3) is 0.500. The second-order valence-corrected chi connectivity index (χ2v) is 8.35. The van der Waals surface area contributed by atoms with Gasteiger partial charge >= 0.3 is 5.97 Å². The summed E-state index contributed by atoms with van der Waals surface area (Å²) in [6.45, 7) is 5.64. The van der Waals surface area contributed by atoms with Gasteiger partial charge in [-0.3, -0.25) is 10.1 Å². The Labute approximate surface area is 150 Å². The summed E-state index contributed by atoms with van der Waals surface area (Å²) >= 11 is 1.47. The zero-order chi connectivity index (χ0) is 18.0. The lowest BCUT2D eigenvalue weighted by molar-refractivity contribution is -0.119. The summed E-state index contributed by atoms with van der Waals surface area (Å²) < 4.78 is 10.2. The van der Waals surface area contributed by atoms with Crippen molar-refractivity contribution < 1.29 is 18.8 Å². The van der Waals surface area contributed by atoms with Gasteiger partial charge in [-0.05, 0) is 37.3 Å². The van der Waals surface area contributed by atoms with E-state index in [0.29, 0.717) is 4.88 Å². The van der Waals surface area contributed by atoms with E-state index >= 15 is 0 Å². The number of carbonyl (C=O) groups is 2. The summed E-state index contributed by atoms with van der Waals surface area (Å²) in [6.07, 6.45) is 4.36. The van der Waals surface area contributed by atoms with Crippen molar-refractivity contribution >= 4 is 29.1 Å². The highest BCUT2D eigenvalue weighted by Gasteiger charge is 2.21. The van der Waals surface area contributed by atoms with E-state index in [1.807, 2.05) is 26.8 Å². The van der Waals surface area contributed by atoms with Crippen LogP contribution in [0.1, 0.15) is 59.4 Å². The number of nitrogens with one attached hydrogen (secondary N) is 1. The van der Waals surface area contributed by atoms with Crippen LogP contribution in [0.3, 0.4) is 0 Å². The maximum atomic E-state index is 12.1. The molecule has 0 saturated carbocycles. The number of aryl methyl sites for hydroxylation is 2. The lowest BCUT2D eigenvalue weighted by atomic mass is 9.92. The van der Waals surface area contributed by atoms with Crippen molar-refractivity contribution in [2.24, 2.45) is 0 Å². The van der Waals surface area contributed by atoms with Crippen LogP contribution in [0.25, 0.3) is 0 Å². The maximum absolute atomic E-state index is 12.1. The molecule has 6 nitrogen and oxygen atoms in total. The predicted octanol–water partition coefficient (Wildman–Crippen LogP) is 3.71. The third-order valence-electron chi connectivity index (χ3n) is 4.07. The lowest BCUT2D eigenvalue weighted by Gasteiger charge is -2.12. The number of carbonyl (C=O) groups excluding carboxylic acids is 2. The molecule has 0 atom stereocenters. The average Bonchev–Trinajstić information content (AvgIpc) is 3.18. The molecule has 2 aromatic rings. The Morgan fingerprint density at radius 3 is 2.72 bits per heavy atom. The number of aromatic nitrogens is 1. The van der Waals surface area contributed by atoms with Crippen molar-refractivity contribution in [3.05, 3.63) is 33.1 Å². The maximum Gasteiger partial charge on any atom is 0.348 e. The summed E-state index contributed by atoms with van der Waals surface area (Å²) in [5.41, 5.74) is 1.81. The summed E-state index contributed by atoms with van der Waals surface area (Å²) in [5.74, 6) is -0.661. The Bertz CT molecular complexity index is 762. The van der Waals surface area contributed by atoms with Gasteiger partial charge < -0.3 is 9.26 Å². The van der Waals surface area contributed by atoms with E-state index in [1.54, 1.807) is 6.07 Å². The number of ether oxygens (including phenoxy) is 1. The van der Waals surface area contributed by atoms with E-state index < -0.39 is 11.9 Å². The second kappa shape index (κ2) is 7.00. The molecule has 1 amide bonds. The zero-order valence-corrected chi connectivity index (χ0v) is 15.5. The number of hydrogen-bond acceptors (Lipinski definition) is 6. The third kappa shape index (κ3) is 4.28. The molecule has 0 aromatic carbocycles. The Morgan fingerprint density at radius 1 is 1.28 bits per heavy atom. The van der Waals surface area contributed by atoms with Gasteiger partial charge in [-0.2, -0.15) is 0 Å². The van der Waals surface area contributed by atoms with Crippen LogP contribution in [0.15, 0.2) is 16.7 Å². The van der Waals surface area contributed by atoms with Crippen molar-refractivity contribution in [1.29, 1.82) is 0 Å². The highest BCUT2D eigenvalue weighted by atomic mass is 32.1. The monoisotopic (exact) mass is 362 g/mol. The minimum atomic E-state index is -0.456. The molecule has 1 aliphatic carbocycles. The van der Waals surface area contributed by atoms with Gasteiger partial charge in [0.1, 0.15) is 4.88 Å². The fourth-order valence-electron chi connectivity index (χ4n) is 2.65.